The summed E-state index contributed by atoms with van der Waals surface area (Å²) in [5, 5.41) is 21.2. The number of carbonyl (C=O) groups excluding carboxylic acids is 2. The number of piperidine rings is 2. The van der Waals surface area contributed by atoms with E-state index in [1.54, 1.807) is 34.8 Å². The van der Waals surface area contributed by atoms with Crippen LogP contribution >= 0.6 is 45.3 Å². The number of rotatable bonds is 11. The van der Waals surface area contributed by atoms with Crippen LogP contribution in [0.5, 0.6) is 0 Å². The average molecular weight is 959 g/mol. The highest BCUT2D eigenvalue weighted by atomic mass is 127. The maximum Gasteiger partial charge on any atom is 0.335 e. The van der Waals surface area contributed by atoms with E-state index in [2.05, 4.69) is 67.6 Å². The average Bonchev–Trinajstić information content (AvgIpc) is 4.05. The molecular formula is C45H51IN8O4S2. The van der Waals surface area contributed by atoms with Crippen molar-refractivity contribution in [1.29, 1.82) is 0 Å². The van der Waals surface area contributed by atoms with Crippen LogP contribution in [0.4, 0.5) is 21.6 Å². The van der Waals surface area contributed by atoms with Gasteiger partial charge in [0.1, 0.15) is 11.4 Å². The first-order valence-corrected chi connectivity index (χ1v) is 23.2. The Morgan fingerprint density at radius 2 is 1.13 bits per heavy atom. The predicted octanol–water partition coefficient (Wildman–Crippen LogP) is 10.2. The molecule has 3 N–H and O–H groups in total. The number of hydrogen-bond acceptors (Lipinski definition) is 9. The Morgan fingerprint density at radius 1 is 0.700 bits per heavy atom. The molecule has 0 bridgehead atoms. The van der Waals surface area contributed by atoms with Crippen molar-refractivity contribution in [3.05, 3.63) is 127 Å². The van der Waals surface area contributed by atoms with Crippen LogP contribution in [0.25, 0.3) is 0 Å². The molecule has 15 heteroatoms. The number of amides is 2. The molecule has 6 aromatic rings. The van der Waals surface area contributed by atoms with E-state index in [-0.39, 0.29) is 17.4 Å². The third-order valence-electron chi connectivity index (χ3n) is 10.9. The third kappa shape index (κ3) is 10.8. The lowest BCUT2D eigenvalue weighted by atomic mass is 10.1. The van der Waals surface area contributed by atoms with E-state index < -0.39 is 5.97 Å². The fourth-order valence-corrected chi connectivity index (χ4v) is 9.94. The molecule has 2 saturated heterocycles. The number of nitrogens with one attached hydrogen (secondary N) is 2. The van der Waals surface area contributed by atoms with Gasteiger partial charge in [-0.1, -0.05) is 0 Å². The Labute approximate surface area is 372 Å². The van der Waals surface area contributed by atoms with Gasteiger partial charge < -0.3 is 34.7 Å². The molecule has 6 heterocycles. The number of carboxylic acid groups (broad SMARTS) is 1. The van der Waals surface area contributed by atoms with Crippen LogP contribution in [-0.4, -0.2) is 67.2 Å². The van der Waals surface area contributed by atoms with Crippen LogP contribution in [0.3, 0.4) is 0 Å². The molecule has 2 aliphatic rings. The minimum absolute atomic E-state index is 0.0978. The van der Waals surface area contributed by atoms with Gasteiger partial charge in [0, 0.05) is 63.3 Å². The molecule has 2 amide bonds. The normalized spacial score (nSPS) is 16.6. The molecular weight excluding hydrogens is 908 g/mol. The number of aryl methyl sites for hydroxylation is 2. The van der Waals surface area contributed by atoms with Crippen molar-refractivity contribution in [2.24, 2.45) is 0 Å². The van der Waals surface area contributed by atoms with E-state index in [4.69, 9.17) is 15.1 Å². The second kappa shape index (κ2) is 19.6. The standard InChI is InChI=1S/C23H26N4O3S.C22H25IN4OS/c1-15-11-20(21(28)24-18-8-6-17(7-9-18)22(29)30)26(12-15)13-19-14-31-23(25-19)27-10-4-3-5-16(27)2;1-15-11-20(21(28)24-18-8-6-17(23)7-9-18)26(12-15)13-19-14-29-22(25-19)27-10-4-3-5-16(27)2/h6-9,11-12,14,16H,3-5,10,13H2,1-2H3,(H,24,28)(H,29,30);6-9,11-12,14,16H,3-5,10,13H2,1-2H3,(H,24,28). The Hall–Kier alpha value is -5.00. The number of aromatic nitrogens is 4. The van der Waals surface area contributed by atoms with Crippen LogP contribution in [0.15, 0.2) is 83.8 Å². The molecule has 0 radical (unpaired) electrons. The van der Waals surface area contributed by atoms with E-state index in [0.29, 0.717) is 42.2 Å². The summed E-state index contributed by atoms with van der Waals surface area (Å²) in [6.07, 6.45) is 11.4. The summed E-state index contributed by atoms with van der Waals surface area (Å²) in [6.45, 7) is 11.8. The van der Waals surface area contributed by atoms with Crippen LogP contribution < -0.4 is 20.4 Å². The molecule has 2 aromatic carbocycles. The van der Waals surface area contributed by atoms with Gasteiger partial charge in [-0.15, -0.1) is 22.7 Å². The van der Waals surface area contributed by atoms with Crippen molar-refractivity contribution >= 4 is 84.7 Å². The first-order valence-electron chi connectivity index (χ1n) is 20.4. The van der Waals surface area contributed by atoms with Gasteiger partial charge >= 0.3 is 5.97 Å². The lowest BCUT2D eigenvalue weighted by Crippen LogP contribution is -2.37. The lowest BCUT2D eigenvalue weighted by Gasteiger charge is -2.33. The van der Waals surface area contributed by atoms with Gasteiger partial charge in [0.25, 0.3) is 11.8 Å². The summed E-state index contributed by atoms with van der Waals surface area (Å²) in [7, 11) is 0. The van der Waals surface area contributed by atoms with Crippen molar-refractivity contribution < 1.29 is 19.5 Å². The molecule has 4 aromatic heterocycles. The number of aromatic carboxylic acids is 1. The van der Waals surface area contributed by atoms with Crippen molar-refractivity contribution in [3.8, 4) is 0 Å². The molecule has 2 unspecified atom stereocenters. The molecule has 314 valence electrons. The summed E-state index contributed by atoms with van der Waals surface area (Å²) >= 11 is 5.62. The van der Waals surface area contributed by atoms with E-state index in [0.717, 1.165) is 55.1 Å². The van der Waals surface area contributed by atoms with Gasteiger partial charge in [0.15, 0.2) is 10.3 Å². The monoisotopic (exact) mass is 958 g/mol. The molecule has 0 saturated carbocycles. The van der Waals surface area contributed by atoms with Gasteiger partial charge in [-0.3, -0.25) is 9.59 Å². The quantitative estimate of drug-likeness (QED) is 0.109. The number of hydrogen-bond donors (Lipinski definition) is 3. The van der Waals surface area contributed by atoms with Gasteiger partial charge in [-0.05, 0) is 161 Å². The molecule has 0 spiro atoms. The topological polar surface area (TPSA) is 138 Å². The number of nitrogens with zero attached hydrogens (tertiary/aromatic N) is 6. The number of anilines is 4. The molecule has 60 heavy (non-hydrogen) atoms. The van der Waals surface area contributed by atoms with Crippen LogP contribution in [0.2, 0.25) is 0 Å². The smallest absolute Gasteiger partial charge is 0.335 e. The predicted molar refractivity (Wildman–Crippen MR) is 251 cm³/mol. The van der Waals surface area contributed by atoms with Crippen LogP contribution in [-0.2, 0) is 13.1 Å². The summed E-state index contributed by atoms with van der Waals surface area (Å²) in [5.74, 6) is -1.33. The Balaban J connectivity index is 0.000000182. The van der Waals surface area contributed by atoms with E-state index >= 15 is 0 Å². The van der Waals surface area contributed by atoms with Crippen LogP contribution in [0.1, 0.15) is 106 Å². The zero-order valence-electron chi connectivity index (χ0n) is 34.4. The zero-order chi connectivity index (χ0) is 42.3. The molecule has 0 aliphatic carbocycles. The number of carboxylic acids is 1. The van der Waals surface area contributed by atoms with Crippen molar-refractivity contribution in [2.45, 2.75) is 91.4 Å². The summed E-state index contributed by atoms with van der Waals surface area (Å²) in [5.41, 5.74) is 6.73. The van der Waals surface area contributed by atoms with Gasteiger partial charge in [-0.25, -0.2) is 14.8 Å². The molecule has 2 aliphatic heterocycles. The van der Waals surface area contributed by atoms with E-state index in [1.165, 1.54) is 50.7 Å². The number of thiazole rings is 2. The first-order chi connectivity index (χ1) is 28.9. The fraction of sp³-hybridized carbons (Fsp3) is 0.356. The summed E-state index contributed by atoms with van der Waals surface area (Å²) < 4.78 is 5.05. The third-order valence-corrected chi connectivity index (χ3v) is 13.4. The highest BCUT2D eigenvalue weighted by Crippen LogP contribution is 2.30. The van der Waals surface area contributed by atoms with Gasteiger partial charge in [-0.2, -0.15) is 0 Å². The minimum Gasteiger partial charge on any atom is -0.478 e. The molecule has 8 rings (SSSR count). The maximum absolute atomic E-state index is 12.9. The zero-order valence-corrected chi connectivity index (χ0v) is 38.1. The van der Waals surface area contributed by atoms with Crippen molar-refractivity contribution in [2.75, 3.05) is 33.5 Å². The second-order valence-corrected chi connectivity index (χ2v) is 18.6. The molecule has 2 fully saturated rings. The Kier molecular flexibility index (Phi) is 14.1. The largest absolute Gasteiger partial charge is 0.478 e. The Morgan fingerprint density at radius 3 is 1.55 bits per heavy atom. The SMILES string of the molecule is Cc1cc(C(=O)Nc2ccc(C(=O)O)cc2)n(Cc2csc(N3CCCCC3C)n2)c1.Cc1cc(C(=O)Nc2ccc(I)cc2)n(Cc2csc(N3CCCCC3C)n2)c1. The Bertz CT molecular complexity index is 2420. The fourth-order valence-electron chi connectivity index (χ4n) is 7.69. The van der Waals surface area contributed by atoms with Gasteiger partial charge in [0.2, 0.25) is 0 Å². The summed E-state index contributed by atoms with van der Waals surface area (Å²) in [4.78, 5) is 51.2. The molecule has 2 atom stereocenters. The number of carbonyl (C=O) groups is 3. The summed E-state index contributed by atoms with van der Waals surface area (Å²) in [6, 6.07) is 18.8. The maximum atomic E-state index is 12.9. The van der Waals surface area contributed by atoms with Crippen molar-refractivity contribution in [1.82, 2.24) is 19.1 Å². The second-order valence-electron chi connectivity index (χ2n) is 15.7. The number of halogens is 1. The first kappa shape index (κ1) is 43.1. The van der Waals surface area contributed by atoms with E-state index in [1.807, 2.05) is 71.8 Å². The lowest BCUT2D eigenvalue weighted by molar-refractivity contribution is 0.0696. The van der Waals surface area contributed by atoms with E-state index in [9.17, 15) is 14.4 Å². The minimum atomic E-state index is -0.996. The molecule has 12 nitrogen and oxygen atoms in total. The van der Waals surface area contributed by atoms with Crippen molar-refractivity contribution in [3.63, 3.8) is 0 Å². The highest BCUT2D eigenvalue weighted by Gasteiger charge is 2.23. The number of benzene rings is 2. The van der Waals surface area contributed by atoms with Crippen LogP contribution in [0, 0.1) is 17.4 Å². The highest BCUT2D eigenvalue weighted by molar-refractivity contribution is 14.1. The van der Waals surface area contributed by atoms with Gasteiger partial charge in [0.05, 0.1) is 30.0 Å².